The fourth-order valence-electron chi connectivity index (χ4n) is 1.92. The Morgan fingerprint density at radius 3 is 2.64 bits per heavy atom. The van der Waals surface area contributed by atoms with Crippen molar-refractivity contribution in [2.75, 3.05) is 14.2 Å². The van der Waals surface area contributed by atoms with Crippen LogP contribution in [-0.2, 0) is 0 Å². The van der Waals surface area contributed by atoms with Gasteiger partial charge < -0.3 is 14.0 Å². The largest absolute Gasteiger partial charge is 0.493 e. The number of ether oxygens (including phenoxy) is 2. The van der Waals surface area contributed by atoms with Crippen LogP contribution in [-0.4, -0.2) is 24.3 Å². The molecule has 0 spiro atoms. The molecule has 0 radical (unpaired) electrons. The van der Waals surface area contributed by atoms with Crippen LogP contribution in [0.2, 0.25) is 0 Å². The van der Waals surface area contributed by atoms with Gasteiger partial charge in [-0.1, -0.05) is 11.2 Å². The van der Waals surface area contributed by atoms with E-state index in [1.54, 1.807) is 25.3 Å². The zero-order chi connectivity index (χ0) is 16.3. The zero-order valence-corrected chi connectivity index (χ0v) is 13.7. The lowest BCUT2D eigenvalue weighted by atomic mass is 10.1. The molecule has 8 heteroatoms. The second kappa shape index (κ2) is 6.61. The van der Waals surface area contributed by atoms with Gasteiger partial charge in [0.25, 0.3) is 0 Å². The Labute approximate surface area is 134 Å². The normalized spacial score (nSPS) is 10.9. The van der Waals surface area contributed by atoms with Gasteiger partial charge in [-0.05, 0) is 46.6 Å². The third-order valence-electron chi connectivity index (χ3n) is 2.92. The summed E-state index contributed by atoms with van der Waals surface area (Å²) in [5.74, 6) is 1.20. The fourth-order valence-corrected chi connectivity index (χ4v) is 2.54. The molecular formula is C14H13BrN2O5. The van der Waals surface area contributed by atoms with Crippen molar-refractivity contribution < 1.29 is 18.9 Å². The Hall–Kier alpha value is -2.35. The van der Waals surface area contributed by atoms with E-state index in [9.17, 15) is 10.1 Å². The van der Waals surface area contributed by atoms with E-state index in [1.165, 1.54) is 20.1 Å². The molecule has 116 valence electrons. The molecule has 0 N–H and O–H groups in total. The quantitative estimate of drug-likeness (QED) is 0.588. The molecule has 22 heavy (non-hydrogen) atoms. The lowest BCUT2D eigenvalue weighted by Crippen LogP contribution is -1.92. The van der Waals surface area contributed by atoms with E-state index >= 15 is 0 Å². The highest BCUT2D eigenvalue weighted by atomic mass is 79.9. The van der Waals surface area contributed by atoms with Crippen molar-refractivity contribution in [3.05, 3.63) is 43.7 Å². The van der Waals surface area contributed by atoms with Crippen LogP contribution >= 0.6 is 15.9 Å². The highest BCUT2D eigenvalue weighted by Crippen LogP contribution is 2.37. The predicted octanol–water partition coefficient (Wildman–Crippen LogP) is 3.84. The minimum absolute atomic E-state index is 0.0911. The SMILES string of the molecule is COc1cc(/C=C\c2onc(C)c2[N+](=O)[O-])cc(Br)c1OC. The van der Waals surface area contributed by atoms with E-state index in [-0.39, 0.29) is 17.1 Å². The topological polar surface area (TPSA) is 87.6 Å². The number of nitro groups is 1. The molecule has 1 aromatic heterocycles. The third kappa shape index (κ3) is 3.11. The van der Waals surface area contributed by atoms with E-state index in [1.807, 2.05) is 0 Å². The van der Waals surface area contributed by atoms with Crippen molar-refractivity contribution in [3.8, 4) is 11.5 Å². The smallest absolute Gasteiger partial charge is 0.338 e. The molecule has 0 amide bonds. The minimum Gasteiger partial charge on any atom is -0.493 e. The monoisotopic (exact) mass is 368 g/mol. The number of nitrogens with zero attached hydrogens (tertiary/aromatic N) is 2. The van der Waals surface area contributed by atoms with Gasteiger partial charge in [-0.2, -0.15) is 0 Å². The Morgan fingerprint density at radius 1 is 1.32 bits per heavy atom. The first-order chi connectivity index (χ1) is 10.5. The van der Waals surface area contributed by atoms with Crippen LogP contribution in [0.3, 0.4) is 0 Å². The number of aryl methyl sites for hydroxylation is 1. The highest BCUT2D eigenvalue weighted by molar-refractivity contribution is 9.10. The Bertz CT molecular complexity index is 739. The van der Waals surface area contributed by atoms with Crippen LogP contribution in [0.25, 0.3) is 12.2 Å². The number of hydrogen-bond donors (Lipinski definition) is 0. The second-order valence-corrected chi connectivity index (χ2v) is 5.16. The van der Waals surface area contributed by atoms with Gasteiger partial charge in [-0.25, -0.2) is 0 Å². The number of rotatable bonds is 5. The van der Waals surface area contributed by atoms with Gasteiger partial charge in [0.05, 0.1) is 23.6 Å². The lowest BCUT2D eigenvalue weighted by molar-refractivity contribution is -0.386. The van der Waals surface area contributed by atoms with Crippen LogP contribution < -0.4 is 9.47 Å². The van der Waals surface area contributed by atoms with Gasteiger partial charge in [0.1, 0.15) is 0 Å². The van der Waals surface area contributed by atoms with Crippen molar-refractivity contribution >= 4 is 33.8 Å². The van der Waals surface area contributed by atoms with Crippen LogP contribution in [0.15, 0.2) is 21.1 Å². The van der Waals surface area contributed by atoms with Crippen molar-refractivity contribution in [1.29, 1.82) is 0 Å². The van der Waals surface area contributed by atoms with E-state index in [2.05, 4.69) is 21.1 Å². The maximum Gasteiger partial charge on any atom is 0.338 e. The molecule has 0 fully saturated rings. The third-order valence-corrected chi connectivity index (χ3v) is 3.51. The summed E-state index contributed by atoms with van der Waals surface area (Å²) in [5, 5.41) is 14.6. The Balaban J connectivity index is 2.39. The van der Waals surface area contributed by atoms with Gasteiger partial charge in [-0.3, -0.25) is 10.1 Å². The minimum atomic E-state index is -0.518. The molecule has 0 atom stereocenters. The summed E-state index contributed by atoms with van der Waals surface area (Å²) >= 11 is 3.38. The van der Waals surface area contributed by atoms with Crippen molar-refractivity contribution in [3.63, 3.8) is 0 Å². The maximum atomic E-state index is 11.0. The lowest BCUT2D eigenvalue weighted by Gasteiger charge is -2.10. The van der Waals surface area contributed by atoms with Crippen LogP contribution in [0.5, 0.6) is 11.5 Å². The molecular weight excluding hydrogens is 356 g/mol. The average Bonchev–Trinajstić information content (AvgIpc) is 2.85. The van der Waals surface area contributed by atoms with E-state index < -0.39 is 4.92 Å². The summed E-state index contributed by atoms with van der Waals surface area (Å²) in [6.45, 7) is 1.52. The number of aromatic nitrogens is 1. The van der Waals surface area contributed by atoms with Crippen molar-refractivity contribution in [2.24, 2.45) is 0 Å². The Morgan fingerprint density at radius 2 is 2.05 bits per heavy atom. The first kappa shape index (κ1) is 16.0. The summed E-state index contributed by atoms with van der Waals surface area (Å²) in [5.41, 5.74) is 0.849. The van der Waals surface area contributed by atoms with Crippen LogP contribution in [0, 0.1) is 17.0 Å². The predicted molar refractivity (Wildman–Crippen MR) is 84.1 cm³/mol. The molecule has 1 heterocycles. The molecule has 0 saturated heterocycles. The van der Waals surface area contributed by atoms with E-state index in [0.29, 0.717) is 16.0 Å². The van der Waals surface area contributed by atoms with Crippen molar-refractivity contribution in [1.82, 2.24) is 5.16 Å². The fraction of sp³-hybridized carbons (Fsp3) is 0.214. The molecule has 0 unspecified atom stereocenters. The van der Waals surface area contributed by atoms with E-state index in [4.69, 9.17) is 14.0 Å². The standard InChI is InChI=1S/C14H13BrN2O5/c1-8-13(17(18)19)11(22-16-8)5-4-9-6-10(15)14(21-3)12(7-9)20-2/h4-7H,1-3H3/b5-4-. The molecule has 0 aliphatic heterocycles. The summed E-state index contributed by atoms with van der Waals surface area (Å²) in [4.78, 5) is 10.5. The molecule has 0 aliphatic rings. The summed E-state index contributed by atoms with van der Waals surface area (Å²) in [6.07, 6.45) is 3.16. The molecule has 2 rings (SSSR count). The first-order valence-corrected chi connectivity index (χ1v) is 6.97. The maximum absolute atomic E-state index is 11.0. The summed E-state index contributed by atoms with van der Waals surface area (Å²) in [6, 6.07) is 3.54. The average molecular weight is 369 g/mol. The van der Waals surface area contributed by atoms with Gasteiger partial charge in [0.15, 0.2) is 17.2 Å². The highest BCUT2D eigenvalue weighted by Gasteiger charge is 2.22. The van der Waals surface area contributed by atoms with Gasteiger partial charge in [-0.15, -0.1) is 0 Å². The molecule has 0 aliphatic carbocycles. The summed E-state index contributed by atoms with van der Waals surface area (Å²) in [7, 11) is 3.07. The number of methoxy groups -OCH3 is 2. The molecule has 0 saturated carbocycles. The number of benzene rings is 1. The molecule has 1 aromatic carbocycles. The van der Waals surface area contributed by atoms with E-state index in [0.717, 1.165) is 5.56 Å². The zero-order valence-electron chi connectivity index (χ0n) is 12.1. The van der Waals surface area contributed by atoms with Gasteiger partial charge in [0, 0.05) is 0 Å². The summed E-state index contributed by atoms with van der Waals surface area (Å²) < 4.78 is 16.1. The molecule has 7 nitrogen and oxygen atoms in total. The second-order valence-electron chi connectivity index (χ2n) is 4.31. The number of hydrogen-bond acceptors (Lipinski definition) is 6. The Kier molecular flexibility index (Phi) is 4.81. The van der Waals surface area contributed by atoms with Crippen LogP contribution in [0.1, 0.15) is 17.0 Å². The van der Waals surface area contributed by atoms with Crippen LogP contribution in [0.4, 0.5) is 5.69 Å². The van der Waals surface area contributed by atoms with Gasteiger partial charge >= 0.3 is 5.69 Å². The number of halogens is 1. The van der Waals surface area contributed by atoms with Crippen molar-refractivity contribution in [2.45, 2.75) is 6.92 Å². The first-order valence-electron chi connectivity index (χ1n) is 6.18. The molecule has 0 bridgehead atoms. The van der Waals surface area contributed by atoms with Gasteiger partial charge in [0.2, 0.25) is 5.76 Å². The molecule has 2 aromatic rings.